The summed E-state index contributed by atoms with van der Waals surface area (Å²) < 4.78 is 15.6. The molecule has 0 heterocycles. The van der Waals surface area contributed by atoms with Crippen LogP contribution in [-0.4, -0.2) is 26.2 Å². The Labute approximate surface area is 135 Å². The number of carbonyl (C=O) groups excluding carboxylic acids is 2. The van der Waals surface area contributed by atoms with E-state index < -0.39 is 11.9 Å². The van der Waals surface area contributed by atoms with Crippen LogP contribution in [0.5, 0.6) is 11.5 Å². The van der Waals surface area contributed by atoms with E-state index in [2.05, 4.69) is 20.7 Å². The Bertz CT molecular complexity index is 694. The van der Waals surface area contributed by atoms with Crippen LogP contribution in [0.25, 0.3) is 0 Å². The van der Waals surface area contributed by atoms with Crippen molar-refractivity contribution in [3.63, 3.8) is 0 Å². The van der Waals surface area contributed by atoms with Crippen LogP contribution in [0.3, 0.4) is 0 Å². The zero-order chi connectivity index (χ0) is 16.1. The van der Waals surface area contributed by atoms with Crippen molar-refractivity contribution in [2.45, 2.75) is 0 Å². The molecule has 0 N–H and O–H groups in total. The highest BCUT2D eigenvalue weighted by atomic mass is 79.9. The molecule has 114 valence electrons. The molecule has 22 heavy (non-hydrogen) atoms. The fourth-order valence-electron chi connectivity index (χ4n) is 1.74. The molecule has 0 atom stereocenters. The molecular weight excluding hydrogens is 352 g/mol. The lowest BCUT2D eigenvalue weighted by Crippen LogP contribution is -2.09. The second-order valence-electron chi connectivity index (χ2n) is 4.25. The molecule has 0 aromatic heterocycles. The number of halogens is 1. The van der Waals surface area contributed by atoms with Crippen molar-refractivity contribution < 1.29 is 23.8 Å². The third-order valence-corrected chi connectivity index (χ3v) is 3.49. The summed E-state index contributed by atoms with van der Waals surface area (Å²) in [6.45, 7) is 0. The first-order valence-electron chi connectivity index (χ1n) is 6.29. The third kappa shape index (κ3) is 3.65. The second kappa shape index (κ2) is 7.09. The van der Waals surface area contributed by atoms with Crippen molar-refractivity contribution >= 4 is 27.9 Å². The summed E-state index contributed by atoms with van der Waals surface area (Å²) in [7, 11) is 2.85. The minimum atomic E-state index is -0.505. The monoisotopic (exact) mass is 364 g/mol. The normalized spacial score (nSPS) is 9.95. The molecule has 0 aliphatic carbocycles. The van der Waals surface area contributed by atoms with Crippen LogP contribution in [-0.2, 0) is 4.74 Å². The van der Waals surface area contributed by atoms with Gasteiger partial charge in [-0.25, -0.2) is 9.59 Å². The van der Waals surface area contributed by atoms with Gasteiger partial charge in [0.15, 0.2) is 0 Å². The molecule has 0 saturated heterocycles. The van der Waals surface area contributed by atoms with Crippen LogP contribution >= 0.6 is 15.9 Å². The molecule has 0 unspecified atom stereocenters. The van der Waals surface area contributed by atoms with Gasteiger partial charge in [0.2, 0.25) is 0 Å². The SMILES string of the molecule is COC(=O)c1ccc(OC(=O)c2ccc(OC)c(Br)c2)cc1. The van der Waals surface area contributed by atoms with Crippen molar-refractivity contribution in [1.82, 2.24) is 0 Å². The molecule has 5 nitrogen and oxygen atoms in total. The topological polar surface area (TPSA) is 61.8 Å². The first kappa shape index (κ1) is 16.0. The standard InChI is InChI=1S/C16H13BrO5/c1-20-14-8-5-11(9-13(14)17)16(19)22-12-6-3-10(4-7-12)15(18)21-2/h3-9H,1-2H3. The first-order valence-corrected chi connectivity index (χ1v) is 7.08. The number of methoxy groups -OCH3 is 2. The van der Waals surface area contributed by atoms with Crippen LogP contribution in [0, 0.1) is 0 Å². The highest BCUT2D eigenvalue weighted by molar-refractivity contribution is 9.10. The van der Waals surface area contributed by atoms with E-state index in [4.69, 9.17) is 9.47 Å². The molecule has 0 fully saturated rings. The lowest BCUT2D eigenvalue weighted by Gasteiger charge is -2.07. The van der Waals surface area contributed by atoms with Gasteiger partial charge in [0.1, 0.15) is 11.5 Å². The zero-order valence-electron chi connectivity index (χ0n) is 12.0. The van der Waals surface area contributed by atoms with Crippen LogP contribution in [0.2, 0.25) is 0 Å². The molecule has 2 rings (SSSR count). The van der Waals surface area contributed by atoms with Gasteiger partial charge in [-0.1, -0.05) is 0 Å². The number of hydrogen-bond acceptors (Lipinski definition) is 5. The quantitative estimate of drug-likeness (QED) is 0.613. The summed E-state index contributed by atoms with van der Waals surface area (Å²) in [6, 6.07) is 11.0. The van der Waals surface area contributed by atoms with Gasteiger partial charge in [0.05, 0.1) is 29.8 Å². The van der Waals surface area contributed by atoms with Gasteiger partial charge in [-0.3, -0.25) is 0 Å². The van der Waals surface area contributed by atoms with Crippen molar-refractivity contribution in [2.75, 3.05) is 14.2 Å². The molecule has 0 spiro atoms. The average molecular weight is 365 g/mol. The van der Waals surface area contributed by atoms with Crippen LogP contribution in [0.15, 0.2) is 46.9 Å². The van der Waals surface area contributed by atoms with Gasteiger partial charge in [-0.05, 0) is 58.4 Å². The van der Waals surface area contributed by atoms with Gasteiger partial charge in [0.25, 0.3) is 0 Å². The predicted molar refractivity (Wildman–Crippen MR) is 83.4 cm³/mol. The van der Waals surface area contributed by atoms with Gasteiger partial charge >= 0.3 is 11.9 Å². The summed E-state index contributed by atoms with van der Waals surface area (Å²) in [4.78, 5) is 23.4. The van der Waals surface area contributed by atoms with E-state index in [0.29, 0.717) is 27.1 Å². The molecule has 0 saturated carbocycles. The maximum Gasteiger partial charge on any atom is 0.343 e. The van der Waals surface area contributed by atoms with Gasteiger partial charge in [-0.15, -0.1) is 0 Å². The van der Waals surface area contributed by atoms with E-state index in [1.807, 2.05) is 0 Å². The Morgan fingerprint density at radius 2 is 1.55 bits per heavy atom. The Morgan fingerprint density at radius 3 is 2.09 bits per heavy atom. The van der Waals surface area contributed by atoms with Gasteiger partial charge in [0, 0.05) is 0 Å². The zero-order valence-corrected chi connectivity index (χ0v) is 13.5. The fraction of sp³-hybridized carbons (Fsp3) is 0.125. The van der Waals surface area contributed by atoms with Crippen LogP contribution in [0.1, 0.15) is 20.7 Å². The number of carbonyl (C=O) groups is 2. The van der Waals surface area contributed by atoms with E-state index in [-0.39, 0.29) is 0 Å². The third-order valence-electron chi connectivity index (χ3n) is 2.87. The molecule has 0 amide bonds. The minimum absolute atomic E-state index is 0.338. The maximum absolute atomic E-state index is 12.1. The van der Waals surface area contributed by atoms with Crippen molar-refractivity contribution in [3.05, 3.63) is 58.1 Å². The molecule has 0 aliphatic rings. The number of esters is 2. The Hall–Kier alpha value is -2.34. The fourth-order valence-corrected chi connectivity index (χ4v) is 2.28. The Balaban J connectivity index is 2.11. The summed E-state index contributed by atoms with van der Waals surface area (Å²) in [5.74, 6) is 0.00899. The van der Waals surface area contributed by atoms with Gasteiger partial charge in [-0.2, -0.15) is 0 Å². The first-order chi connectivity index (χ1) is 10.5. The molecule has 0 radical (unpaired) electrons. The van der Waals surface area contributed by atoms with Crippen molar-refractivity contribution in [3.8, 4) is 11.5 Å². The molecule has 0 aliphatic heterocycles. The number of benzene rings is 2. The molecule has 6 heteroatoms. The van der Waals surface area contributed by atoms with E-state index >= 15 is 0 Å². The van der Waals surface area contributed by atoms with E-state index in [0.717, 1.165) is 0 Å². The summed E-state index contributed by atoms with van der Waals surface area (Å²) >= 11 is 3.31. The predicted octanol–water partition coefficient (Wildman–Crippen LogP) is 3.46. The lowest BCUT2D eigenvalue weighted by atomic mass is 10.2. The largest absolute Gasteiger partial charge is 0.496 e. The summed E-state index contributed by atoms with van der Waals surface area (Å²) in [5.41, 5.74) is 0.763. The molecule has 2 aromatic rings. The number of ether oxygens (including phenoxy) is 3. The molecular formula is C16H13BrO5. The van der Waals surface area contributed by atoms with Crippen molar-refractivity contribution in [2.24, 2.45) is 0 Å². The average Bonchev–Trinajstić information content (AvgIpc) is 2.54. The Kier molecular flexibility index (Phi) is 5.16. The molecule has 2 aromatic carbocycles. The van der Waals surface area contributed by atoms with E-state index in [1.54, 1.807) is 25.3 Å². The molecule has 0 bridgehead atoms. The summed E-state index contributed by atoms with van der Waals surface area (Å²) in [5, 5.41) is 0. The smallest absolute Gasteiger partial charge is 0.343 e. The second-order valence-corrected chi connectivity index (χ2v) is 5.11. The lowest BCUT2D eigenvalue weighted by molar-refractivity contribution is 0.0600. The Morgan fingerprint density at radius 1 is 0.909 bits per heavy atom. The maximum atomic E-state index is 12.1. The van der Waals surface area contributed by atoms with Crippen LogP contribution in [0.4, 0.5) is 0 Å². The van der Waals surface area contributed by atoms with E-state index in [1.165, 1.54) is 31.4 Å². The van der Waals surface area contributed by atoms with Gasteiger partial charge < -0.3 is 14.2 Å². The number of rotatable bonds is 4. The van der Waals surface area contributed by atoms with Crippen molar-refractivity contribution in [1.29, 1.82) is 0 Å². The highest BCUT2D eigenvalue weighted by Gasteiger charge is 2.12. The summed E-state index contributed by atoms with van der Waals surface area (Å²) in [6.07, 6.45) is 0. The van der Waals surface area contributed by atoms with E-state index in [9.17, 15) is 9.59 Å². The minimum Gasteiger partial charge on any atom is -0.496 e. The highest BCUT2D eigenvalue weighted by Crippen LogP contribution is 2.26. The van der Waals surface area contributed by atoms with Crippen LogP contribution < -0.4 is 9.47 Å². The number of hydrogen-bond donors (Lipinski definition) is 0.